The monoisotopic (exact) mass is 206 g/mol. The van der Waals surface area contributed by atoms with Crippen molar-refractivity contribution in [2.45, 2.75) is 13.3 Å². The molecule has 0 bridgehead atoms. The Morgan fingerprint density at radius 3 is 3.13 bits per heavy atom. The molecule has 3 nitrogen and oxygen atoms in total. The standard InChI is InChI=1S/C12H18N2O/c1-2-13-7-9-14-8-6-10-11(14)4-3-5-12(10)15/h3-5,13,15H,2,6-9H2,1H3. The van der Waals surface area contributed by atoms with Crippen LogP contribution in [0.3, 0.4) is 0 Å². The highest BCUT2D eigenvalue weighted by atomic mass is 16.3. The van der Waals surface area contributed by atoms with Crippen molar-refractivity contribution in [3.05, 3.63) is 23.8 Å². The summed E-state index contributed by atoms with van der Waals surface area (Å²) in [4.78, 5) is 2.33. The van der Waals surface area contributed by atoms with Gasteiger partial charge in [0.25, 0.3) is 0 Å². The Morgan fingerprint density at radius 1 is 1.47 bits per heavy atom. The third kappa shape index (κ3) is 2.07. The van der Waals surface area contributed by atoms with Crippen LogP contribution in [0.15, 0.2) is 18.2 Å². The minimum absolute atomic E-state index is 0.443. The summed E-state index contributed by atoms with van der Waals surface area (Å²) in [6, 6.07) is 5.78. The molecule has 2 rings (SSSR count). The average Bonchev–Trinajstić information content (AvgIpc) is 2.64. The van der Waals surface area contributed by atoms with E-state index in [1.54, 1.807) is 6.07 Å². The molecule has 1 aliphatic heterocycles. The Labute approximate surface area is 90.7 Å². The van der Waals surface area contributed by atoms with Crippen LogP contribution < -0.4 is 10.2 Å². The molecule has 0 saturated heterocycles. The van der Waals surface area contributed by atoms with Crippen molar-refractivity contribution in [2.75, 3.05) is 31.1 Å². The number of phenolic OH excluding ortho intramolecular Hbond substituents is 1. The quantitative estimate of drug-likeness (QED) is 0.730. The summed E-state index contributed by atoms with van der Waals surface area (Å²) in [6.45, 7) is 6.18. The first kappa shape index (κ1) is 10.3. The van der Waals surface area contributed by atoms with Crippen LogP contribution in [0.5, 0.6) is 5.75 Å². The highest BCUT2D eigenvalue weighted by Crippen LogP contribution is 2.33. The first-order chi connectivity index (χ1) is 7.33. The zero-order chi connectivity index (χ0) is 10.7. The summed E-state index contributed by atoms with van der Waals surface area (Å²) < 4.78 is 0. The average molecular weight is 206 g/mol. The number of benzene rings is 1. The van der Waals surface area contributed by atoms with Crippen LogP contribution in [0.2, 0.25) is 0 Å². The molecular formula is C12H18N2O. The number of anilines is 1. The van der Waals surface area contributed by atoms with Gasteiger partial charge in [-0.2, -0.15) is 0 Å². The molecule has 15 heavy (non-hydrogen) atoms. The van der Waals surface area contributed by atoms with Gasteiger partial charge in [0.05, 0.1) is 0 Å². The Kier molecular flexibility index (Phi) is 3.11. The number of nitrogens with zero attached hydrogens (tertiary/aromatic N) is 1. The van der Waals surface area contributed by atoms with Crippen molar-refractivity contribution in [3.63, 3.8) is 0 Å². The number of fused-ring (bicyclic) bond motifs is 1. The first-order valence-electron chi connectivity index (χ1n) is 5.59. The Bertz CT molecular complexity index is 338. The van der Waals surface area contributed by atoms with E-state index >= 15 is 0 Å². The number of rotatable bonds is 4. The number of phenols is 1. The van der Waals surface area contributed by atoms with Crippen molar-refractivity contribution >= 4 is 5.69 Å². The van der Waals surface area contributed by atoms with Crippen LogP contribution in [-0.2, 0) is 6.42 Å². The smallest absolute Gasteiger partial charge is 0.120 e. The van der Waals surface area contributed by atoms with Crippen LogP contribution in [0, 0.1) is 0 Å². The van der Waals surface area contributed by atoms with Gasteiger partial charge < -0.3 is 15.3 Å². The second kappa shape index (κ2) is 4.53. The normalized spacial score (nSPS) is 14.3. The lowest BCUT2D eigenvalue weighted by Crippen LogP contribution is -2.30. The van der Waals surface area contributed by atoms with E-state index < -0.39 is 0 Å². The molecular weight excluding hydrogens is 188 g/mol. The van der Waals surface area contributed by atoms with Crippen molar-refractivity contribution in [1.29, 1.82) is 0 Å². The lowest BCUT2D eigenvalue weighted by molar-refractivity contribution is 0.470. The van der Waals surface area contributed by atoms with Crippen molar-refractivity contribution in [2.24, 2.45) is 0 Å². The molecule has 0 spiro atoms. The predicted molar refractivity (Wildman–Crippen MR) is 62.6 cm³/mol. The summed E-state index contributed by atoms with van der Waals surface area (Å²) >= 11 is 0. The second-order valence-electron chi connectivity index (χ2n) is 3.87. The van der Waals surface area contributed by atoms with Crippen LogP contribution in [0.25, 0.3) is 0 Å². The van der Waals surface area contributed by atoms with E-state index in [9.17, 15) is 5.11 Å². The summed E-state index contributed by atoms with van der Waals surface area (Å²) in [7, 11) is 0. The Hall–Kier alpha value is -1.22. The Balaban J connectivity index is 2.05. The van der Waals surface area contributed by atoms with Crippen LogP contribution in [0.4, 0.5) is 5.69 Å². The van der Waals surface area contributed by atoms with Gasteiger partial charge in [-0.1, -0.05) is 13.0 Å². The molecule has 1 heterocycles. The number of aromatic hydroxyl groups is 1. The molecule has 0 saturated carbocycles. The fraction of sp³-hybridized carbons (Fsp3) is 0.500. The molecule has 0 atom stereocenters. The fourth-order valence-corrected chi connectivity index (χ4v) is 2.11. The molecule has 0 unspecified atom stereocenters. The third-order valence-corrected chi connectivity index (χ3v) is 2.91. The maximum atomic E-state index is 9.68. The Morgan fingerprint density at radius 2 is 2.33 bits per heavy atom. The van der Waals surface area contributed by atoms with E-state index in [2.05, 4.69) is 23.2 Å². The first-order valence-corrected chi connectivity index (χ1v) is 5.59. The van der Waals surface area contributed by atoms with Crippen molar-refractivity contribution < 1.29 is 5.11 Å². The van der Waals surface area contributed by atoms with E-state index in [1.165, 1.54) is 5.69 Å². The van der Waals surface area contributed by atoms with E-state index in [-0.39, 0.29) is 0 Å². The minimum atomic E-state index is 0.443. The largest absolute Gasteiger partial charge is 0.508 e. The van der Waals surface area contributed by atoms with Gasteiger partial charge in [0.15, 0.2) is 0 Å². The van der Waals surface area contributed by atoms with E-state index in [1.807, 2.05) is 6.07 Å². The number of hydrogen-bond acceptors (Lipinski definition) is 3. The van der Waals surface area contributed by atoms with Gasteiger partial charge in [0.2, 0.25) is 0 Å². The van der Waals surface area contributed by atoms with Gasteiger partial charge in [-0.25, -0.2) is 0 Å². The second-order valence-corrected chi connectivity index (χ2v) is 3.87. The number of nitrogens with one attached hydrogen (secondary N) is 1. The highest BCUT2D eigenvalue weighted by Gasteiger charge is 2.20. The highest BCUT2D eigenvalue weighted by molar-refractivity contribution is 5.62. The van der Waals surface area contributed by atoms with Gasteiger partial charge in [-0.15, -0.1) is 0 Å². The third-order valence-electron chi connectivity index (χ3n) is 2.91. The molecule has 3 heteroatoms. The van der Waals surface area contributed by atoms with Gasteiger partial charge in [-0.3, -0.25) is 0 Å². The van der Waals surface area contributed by atoms with Crippen LogP contribution >= 0.6 is 0 Å². The minimum Gasteiger partial charge on any atom is -0.508 e. The molecule has 0 aromatic heterocycles. The van der Waals surface area contributed by atoms with Gasteiger partial charge in [0, 0.05) is 30.9 Å². The fourth-order valence-electron chi connectivity index (χ4n) is 2.11. The summed E-state index contributed by atoms with van der Waals surface area (Å²) in [5, 5.41) is 13.0. The van der Waals surface area contributed by atoms with Crippen molar-refractivity contribution in [1.82, 2.24) is 5.32 Å². The SMILES string of the molecule is CCNCCN1CCc2c(O)cccc21. The maximum Gasteiger partial charge on any atom is 0.120 e. The predicted octanol–water partition coefficient (Wildman–Crippen LogP) is 1.36. The topological polar surface area (TPSA) is 35.5 Å². The molecule has 0 aliphatic carbocycles. The molecule has 1 aromatic carbocycles. The summed E-state index contributed by atoms with van der Waals surface area (Å²) in [6.07, 6.45) is 0.966. The lowest BCUT2D eigenvalue weighted by atomic mass is 10.1. The molecule has 1 aromatic rings. The number of likely N-dealkylation sites (N-methyl/N-ethyl adjacent to an activating group) is 1. The van der Waals surface area contributed by atoms with Crippen LogP contribution in [-0.4, -0.2) is 31.3 Å². The lowest BCUT2D eigenvalue weighted by Gasteiger charge is -2.19. The molecule has 1 aliphatic rings. The molecule has 0 fully saturated rings. The van der Waals surface area contributed by atoms with E-state index in [4.69, 9.17) is 0 Å². The number of hydrogen-bond donors (Lipinski definition) is 2. The van der Waals surface area contributed by atoms with E-state index in [0.717, 1.165) is 38.2 Å². The van der Waals surface area contributed by atoms with Crippen LogP contribution in [0.1, 0.15) is 12.5 Å². The van der Waals surface area contributed by atoms with Gasteiger partial charge in [0.1, 0.15) is 5.75 Å². The summed E-state index contributed by atoms with van der Waals surface area (Å²) in [5.74, 6) is 0.443. The zero-order valence-electron chi connectivity index (χ0n) is 9.16. The summed E-state index contributed by atoms with van der Waals surface area (Å²) in [5.41, 5.74) is 2.31. The molecule has 0 radical (unpaired) electrons. The van der Waals surface area contributed by atoms with E-state index in [0.29, 0.717) is 5.75 Å². The molecule has 0 amide bonds. The van der Waals surface area contributed by atoms with Crippen molar-refractivity contribution in [3.8, 4) is 5.75 Å². The molecule has 2 N–H and O–H groups in total. The zero-order valence-corrected chi connectivity index (χ0v) is 9.16. The van der Waals surface area contributed by atoms with Gasteiger partial charge in [-0.05, 0) is 25.1 Å². The van der Waals surface area contributed by atoms with Gasteiger partial charge >= 0.3 is 0 Å². The molecule has 82 valence electrons. The maximum absolute atomic E-state index is 9.68.